The Labute approximate surface area is 237 Å². The van der Waals surface area contributed by atoms with Crippen LogP contribution in [0.15, 0.2) is 88.2 Å². The first-order valence-electron chi connectivity index (χ1n) is 12.8. The maximum absolute atomic E-state index is 13.9. The second-order valence-corrected chi connectivity index (χ2v) is 12.4. The summed E-state index contributed by atoms with van der Waals surface area (Å²) in [4.78, 5) is 28.5. The van der Waals surface area contributed by atoms with Crippen LogP contribution in [0.1, 0.15) is 38.2 Å². The molecule has 1 fully saturated rings. The minimum absolute atomic E-state index is 0.00677. The average molecular weight is 617 g/mol. The van der Waals surface area contributed by atoms with Crippen molar-refractivity contribution in [1.82, 2.24) is 10.2 Å². The SMILES string of the molecule is C[C@H](C(=O)NC1CCCC1)N(Cc1cccc(Br)c1)C(=O)CN(c1ccc(F)cc1)S(=O)(=O)c1ccccc1. The molecule has 10 heteroatoms. The van der Waals surface area contributed by atoms with Crippen molar-refractivity contribution in [2.75, 3.05) is 10.8 Å². The van der Waals surface area contributed by atoms with E-state index in [1.54, 1.807) is 25.1 Å². The molecular weight excluding hydrogens is 585 g/mol. The van der Waals surface area contributed by atoms with Gasteiger partial charge in [0.25, 0.3) is 10.0 Å². The number of halogens is 2. The van der Waals surface area contributed by atoms with Crippen LogP contribution < -0.4 is 9.62 Å². The molecule has 1 saturated carbocycles. The molecule has 0 bridgehead atoms. The molecule has 1 aliphatic carbocycles. The van der Waals surface area contributed by atoms with E-state index in [-0.39, 0.29) is 29.1 Å². The Morgan fingerprint density at radius 2 is 1.67 bits per heavy atom. The number of hydrogen-bond acceptors (Lipinski definition) is 4. The highest BCUT2D eigenvalue weighted by Crippen LogP contribution is 2.25. The van der Waals surface area contributed by atoms with Crippen molar-refractivity contribution in [3.05, 3.63) is 94.7 Å². The molecule has 0 spiro atoms. The number of carbonyl (C=O) groups excluding carboxylic acids is 2. The molecule has 1 atom stereocenters. The lowest BCUT2D eigenvalue weighted by Gasteiger charge is -2.32. The molecular formula is C29H31BrFN3O4S. The molecule has 1 N–H and O–H groups in total. The van der Waals surface area contributed by atoms with E-state index in [2.05, 4.69) is 21.2 Å². The van der Waals surface area contributed by atoms with Gasteiger partial charge in [-0.3, -0.25) is 13.9 Å². The minimum atomic E-state index is -4.18. The third kappa shape index (κ3) is 7.24. The fraction of sp³-hybridized carbons (Fsp3) is 0.310. The number of nitrogens with zero attached hydrogens (tertiary/aromatic N) is 2. The van der Waals surface area contributed by atoms with E-state index in [4.69, 9.17) is 0 Å². The Morgan fingerprint density at radius 3 is 2.31 bits per heavy atom. The van der Waals surface area contributed by atoms with Crippen LogP contribution in [0.2, 0.25) is 0 Å². The molecule has 206 valence electrons. The highest BCUT2D eigenvalue weighted by molar-refractivity contribution is 9.10. The fourth-order valence-electron chi connectivity index (χ4n) is 4.66. The number of sulfonamides is 1. The summed E-state index contributed by atoms with van der Waals surface area (Å²) in [7, 11) is -4.18. The predicted molar refractivity (Wildman–Crippen MR) is 152 cm³/mol. The van der Waals surface area contributed by atoms with Gasteiger partial charge in [0, 0.05) is 17.1 Å². The van der Waals surface area contributed by atoms with Crippen LogP contribution in [0.4, 0.5) is 10.1 Å². The molecule has 0 heterocycles. The predicted octanol–water partition coefficient (Wildman–Crippen LogP) is 5.26. The minimum Gasteiger partial charge on any atom is -0.352 e. The molecule has 2 amide bonds. The van der Waals surface area contributed by atoms with Gasteiger partial charge in [-0.2, -0.15) is 0 Å². The van der Waals surface area contributed by atoms with E-state index in [9.17, 15) is 22.4 Å². The summed E-state index contributed by atoms with van der Waals surface area (Å²) in [5.74, 6) is -1.38. The maximum Gasteiger partial charge on any atom is 0.264 e. The molecule has 0 unspecified atom stereocenters. The highest BCUT2D eigenvalue weighted by Gasteiger charge is 2.33. The number of amides is 2. The van der Waals surface area contributed by atoms with Crippen molar-refractivity contribution >= 4 is 43.5 Å². The van der Waals surface area contributed by atoms with Crippen LogP contribution in [0.5, 0.6) is 0 Å². The van der Waals surface area contributed by atoms with Gasteiger partial charge >= 0.3 is 0 Å². The fourth-order valence-corrected chi connectivity index (χ4v) is 6.54. The number of carbonyl (C=O) groups is 2. The topological polar surface area (TPSA) is 86.8 Å². The number of anilines is 1. The van der Waals surface area contributed by atoms with Gasteiger partial charge in [-0.25, -0.2) is 12.8 Å². The molecule has 1 aliphatic rings. The molecule has 0 saturated heterocycles. The summed E-state index contributed by atoms with van der Waals surface area (Å²) in [5, 5.41) is 3.04. The monoisotopic (exact) mass is 615 g/mol. The zero-order valence-electron chi connectivity index (χ0n) is 21.6. The Hall–Kier alpha value is -3.24. The van der Waals surface area contributed by atoms with Crippen LogP contribution >= 0.6 is 15.9 Å². The number of hydrogen-bond donors (Lipinski definition) is 1. The molecule has 7 nitrogen and oxygen atoms in total. The number of rotatable bonds is 10. The molecule has 3 aromatic carbocycles. The lowest BCUT2D eigenvalue weighted by Crippen LogP contribution is -2.52. The zero-order chi connectivity index (χ0) is 28.0. The second kappa shape index (κ2) is 12.7. The van der Waals surface area contributed by atoms with Gasteiger partial charge < -0.3 is 10.2 Å². The van der Waals surface area contributed by atoms with Crippen molar-refractivity contribution in [1.29, 1.82) is 0 Å². The largest absolute Gasteiger partial charge is 0.352 e. The second-order valence-electron chi connectivity index (χ2n) is 9.62. The van der Waals surface area contributed by atoms with E-state index < -0.39 is 34.3 Å². The van der Waals surface area contributed by atoms with E-state index in [0.717, 1.165) is 52.2 Å². The van der Waals surface area contributed by atoms with Crippen LogP contribution in [0.25, 0.3) is 0 Å². The standard InChI is InChI=1S/C29H31BrFN3O4S/c1-21(29(36)32-25-10-5-6-11-25)33(19-22-8-7-9-23(30)18-22)28(35)20-34(26-16-14-24(31)15-17-26)39(37,38)27-12-3-2-4-13-27/h2-4,7-9,12-18,21,25H,5-6,10-11,19-20H2,1H3,(H,32,36)/t21-/m1/s1. The van der Waals surface area contributed by atoms with Crippen molar-refractivity contribution in [2.24, 2.45) is 0 Å². The first kappa shape index (κ1) is 28.8. The van der Waals surface area contributed by atoms with Gasteiger partial charge in [0.2, 0.25) is 11.8 Å². The molecule has 0 radical (unpaired) electrons. The van der Waals surface area contributed by atoms with E-state index >= 15 is 0 Å². The Bertz CT molecular complexity index is 1400. The quantitative estimate of drug-likeness (QED) is 0.337. The molecule has 0 aromatic heterocycles. The average Bonchev–Trinajstić information content (AvgIpc) is 3.44. The van der Waals surface area contributed by atoms with Crippen molar-refractivity contribution < 1.29 is 22.4 Å². The lowest BCUT2D eigenvalue weighted by molar-refractivity contribution is -0.139. The molecule has 39 heavy (non-hydrogen) atoms. The third-order valence-corrected chi connectivity index (χ3v) is 9.12. The number of nitrogens with one attached hydrogen (secondary N) is 1. The van der Waals surface area contributed by atoms with Crippen LogP contribution in [-0.4, -0.2) is 43.8 Å². The summed E-state index contributed by atoms with van der Waals surface area (Å²) in [6.07, 6.45) is 3.88. The van der Waals surface area contributed by atoms with Crippen LogP contribution in [0.3, 0.4) is 0 Å². The van der Waals surface area contributed by atoms with Crippen molar-refractivity contribution in [3.63, 3.8) is 0 Å². The molecule has 4 rings (SSSR count). The van der Waals surface area contributed by atoms with Crippen LogP contribution in [-0.2, 0) is 26.2 Å². The van der Waals surface area contributed by atoms with Gasteiger partial charge in [0.15, 0.2) is 0 Å². The summed E-state index contributed by atoms with van der Waals surface area (Å²) in [6, 6.07) is 19.3. The lowest BCUT2D eigenvalue weighted by atomic mass is 10.1. The van der Waals surface area contributed by atoms with E-state index in [0.29, 0.717) is 0 Å². The summed E-state index contributed by atoms with van der Waals surface area (Å²) in [5.41, 5.74) is 0.913. The first-order chi connectivity index (χ1) is 18.6. The Kier molecular flexibility index (Phi) is 9.40. The Balaban J connectivity index is 1.67. The highest BCUT2D eigenvalue weighted by atomic mass is 79.9. The Morgan fingerprint density at radius 1 is 1.00 bits per heavy atom. The first-order valence-corrected chi connectivity index (χ1v) is 15.1. The van der Waals surface area contributed by atoms with Crippen molar-refractivity contribution in [3.8, 4) is 0 Å². The smallest absolute Gasteiger partial charge is 0.264 e. The normalized spacial score (nSPS) is 14.5. The van der Waals surface area contributed by atoms with Gasteiger partial charge in [-0.15, -0.1) is 0 Å². The van der Waals surface area contributed by atoms with Gasteiger partial charge in [-0.1, -0.05) is 59.1 Å². The summed E-state index contributed by atoms with van der Waals surface area (Å²) < 4.78 is 42.9. The maximum atomic E-state index is 13.9. The number of benzene rings is 3. The summed E-state index contributed by atoms with van der Waals surface area (Å²) >= 11 is 3.44. The summed E-state index contributed by atoms with van der Waals surface area (Å²) in [6.45, 7) is 1.17. The van der Waals surface area contributed by atoms with E-state index in [1.807, 2.05) is 24.3 Å². The molecule has 0 aliphatic heterocycles. The van der Waals surface area contributed by atoms with Crippen LogP contribution in [0, 0.1) is 5.82 Å². The van der Waals surface area contributed by atoms with Crippen molar-refractivity contribution in [2.45, 2.75) is 56.1 Å². The van der Waals surface area contributed by atoms with Gasteiger partial charge in [0.05, 0.1) is 10.6 Å². The van der Waals surface area contributed by atoms with Gasteiger partial charge in [-0.05, 0) is 73.9 Å². The molecule has 3 aromatic rings. The zero-order valence-corrected chi connectivity index (χ0v) is 24.0. The van der Waals surface area contributed by atoms with Gasteiger partial charge in [0.1, 0.15) is 18.4 Å². The van der Waals surface area contributed by atoms with E-state index in [1.165, 1.54) is 29.2 Å². The third-order valence-electron chi connectivity index (χ3n) is 6.84.